The van der Waals surface area contributed by atoms with Crippen LogP contribution in [0.3, 0.4) is 0 Å². The maximum Gasteiger partial charge on any atom is 0.184 e. The van der Waals surface area contributed by atoms with Crippen LogP contribution in [0.4, 0.5) is 0 Å². The molecule has 6 heteroatoms. The number of hydrogen-bond acceptors (Lipinski definition) is 6. The molecule has 24 heavy (non-hydrogen) atoms. The molecular weight excluding hydrogens is 312 g/mol. The molecule has 0 amide bonds. The molecule has 1 rings (SSSR count). The van der Waals surface area contributed by atoms with E-state index in [1.54, 1.807) is 0 Å². The van der Waals surface area contributed by atoms with Gasteiger partial charge >= 0.3 is 0 Å². The van der Waals surface area contributed by atoms with Gasteiger partial charge in [-0.2, -0.15) is 0 Å². The lowest BCUT2D eigenvalue weighted by atomic mass is 9.97. The quantitative estimate of drug-likeness (QED) is 0.691. The van der Waals surface area contributed by atoms with E-state index in [-0.39, 0.29) is 30.5 Å². The van der Waals surface area contributed by atoms with Crippen LogP contribution in [-0.4, -0.2) is 66.8 Å². The first-order chi connectivity index (χ1) is 11.1. The number of hydrogen-bond donors (Lipinski definition) is 1. The Morgan fingerprint density at radius 3 is 1.62 bits per heavy atom. The molecular formula is C18H36O6. The van der Waals surface area contributed by atoms with Crippen molar-refractivity contribution in [1.82, 2.24) is 0 Å². The van der Waals surface area contributed by atoms with Gasteiger partial charge in [0, 0.05) is 0 Å². The van der Waals surface area contributed by atoms with Gasteiger partial charge in [0.1, 0.15) is 24.4 Å². The third-order valence-electron chi connectivity index (χ3n) is 3.49. The van der Waals surface area contributed by atoms with Crippen LogP contribution in [0.2, 0.25) is 0 Å². The van der Waals surface area contributed by atoms with E-state index in [1.165, 1.54) is 0 Å². The molecule has 0 aromatic carbocycles. The molecule has 0 bridgehead atoms. The lowest BCUT2D eigenvalue weighted by Crippen LogP contribution is -2.62. The van der Waals surface area contributed by atoms with E-state index in [4.69, 9.17) is 23.7 Å². The van der Waals surface area contributed by atoms with Gasteiger partial charge in [-0.25, -0.2) is 0 Å². The molecule has 0 aliphatic carbocycles. The molecule has 1 unspecified atom stereocenters. The van der Waals surface area contributed by atoms with Crippen LogP contribution in [0.15, 0.2) is 0 Å². The predicted molar refractivity (Wildman–Crippen MR) is 92.0 cm³/mol. The van der Waals surface area contributed by atoms with E-state index in [0.717, 1.165) is 0 Å². The van der Waals surface area contributed by atoms with Crippen molar-refractivity contribution in [2.75, 3.05) is 6.61 Å². The topological polar surface area (TPSA) is 66.4 Å². The van der Waals surface area contributed by atoms with E-state index in [1.807, 2.05) is 55.4 Å². The lowest BCUT2D eigenvalue weighted by molar-refractivity contribution is -0.324. The van der Waals surface area contributed by atoms with Crippen molar-refractivity contribution in [3.05, 3.63) is 0 Å². The van der Waals surface area contributed by atoms with Gasteiger partial charge < -0.3 is 28.8 Å². The monoisotopic (exact) mass is 348 g/mol. The lowest BCUT2D eigenvalue weighted by Gasteiger charge is -2.46. The maximum atomic E-state index is 10.5. The number of rotatable bonds is 9. The van der Waals surface area contributed by atoms with Crippen molar-refractivity contribution in [1.29, 1.82) is 0 Å². The fraction of sp³-hybridized carbons (Fsp3) is 1.00. The van der Waals surface area contributed by atoms with Gasteiger partial charge in [-0.05, 0) is 55.4 Å². The zero-order valence-electron chi connectivity index (χ0n) is 16.4. The third-order valence-corrected chi connectivity index (χ3v) is 3.49. The maximum absolute atomic E-state index is 10.5. The second-order valence-electron chi connectivity index (χ2n) is 7.40. The highest BCUT2D eigenvalue weighted by molar-refractivity contribution is 4.93. The molecule has 0 radical (unpaired) electrons. The summed E-state index contributed by atoms with van der Waals surface area (Å²) in [4.78, 5) is 0. The first-order valence-electron chi connectivity index (χ1n) is 9.03. The minimum absolute atomic E-state index is 0.00615. The molecule has 1 N–H and O–H groups in total. The molecule has 1 heterocycles. The van der Waals surface area contributed by atoms with Gasteiger partial charge in [0.05, 0.1) is 31.0 Å². The summed E-state index contributed by atoms with van der Waals surface area (Å²) in [5.41, 5.74) is 0. The van der Waals surface area contributed by atoms with Crippen LogP contribution in [0.25, 0.3) is 0 Å². The number of ether oxygens (including phenoxy) is 5. The average molecular weight is 348 g/mol. The summed E-state index contributed by atoms with van der Waals surface area (Å²) in [7, 11) is 0. The second kappa shape index (κ2) is 10.0. The smallest absolute Gasteiger partial charge is 0.184 e. The molecule has 144 valence electrons. The summed E-state index contributed by atoms with van der Waals surface area (Å²) >= 11 is 0. The Morgan fingerprint density at radius 2 is 1.17 bits per heavy atom. The molecule has 0 saturated carbocycles. The first-order valence-corrected chi connectivity index (χ1v) is 9.03. The molecule has 1 fully saturated rings. The summed E-state index contributed by atoms with van der Waals surface area (Å²) in [6.45, 7) is 16.0. The van der Waals surface area contributed by atoms with Crippen molar-refractivity contribution in [3.8, 4) is 0 Å². The van der Waals surface area contributed by atoms with Gasteiger partial charge in [-0.1, -0.05) is 0 Å². The Bertz CT molecular complexity index is 344. The Balaban J connectivity index is 3.02. The molecule has 0 aromatic heterocycles. The van der Waals surface area contributed by atoms with Crippen LogP contribution < -0.4 is 0 Å². The van der Waals surface area contributed by atoms with Crippen molar-refractivity contribution >= 4 is 0 Å². The second-order valence-corrected chi connectivity index (χ2v) is 7.40. The van der Waals surface area contributed by atoms with Gasteiger partial charge in [0.25, 0.3) is 0 Å². The van der Waals surface area contributed by atoms with E-state index < -0.39 is 24.6 Å². The Labute approximate surface area is 146 Å². The SMILES string of the molecule is CC(C)OC[C@H]1OC(O)[C@H](OC(C)C)[C@H](OC(C)C)[C@@H]1OC(C)C. The molecule has 5 atom stereocenters. The Morgan fingerprint density at radius 1 is 0.708 bits per heavy atom. The van der Waals surface area contributed by atoms with Crippen LogP contribution in [-0.2, 0) is 23.7 Å². The molecule has 1 saturated heterocycles. The average Bonchev–Trinajstić information content (AvgIpc) is 2.42. The van der Waals surface area contributed by atoms with E-state index in [0.29, 0.717) is 6.61 Å². The van der Waals surface area contributed by atoms with Gasteiger partial charge in [0.15, 0.2) is 6.29 Å². The van der Waals surface area contributed by atoms with Gasteiger partial charge in [-0.15, -0.1) is 0 Å². The molecule has 0 spiro atoms. The summed E-state index contributed by atoms with van der Waals surface area (Å²) in [5.74, 6) is 0. The highest BCUT2D eigenvalue weighted by Crippen LogP contribution is 2.30. The van der Waals surface area contributed by atoms with E-state index in [2.05, 4.69) is 0 Å². The predicted octanol–water partition coefficient (Wildman–Crippen LogP) is 2.51. The van der Waals surface area contributed by atoms with Crippen molar-refractivity contribution < 1.29 is 28.8 Å². The summed E-state index contributed by atoms with van der Waals surface area (Å²) < 4.78 is 29.5. The van der Waals surface area contributed by atoms with Crippen LogP contribution in [0.1, 0.15) is 55.4 Å². The normalized spacial score (nSPS) is 31.6. The zero-order chi connectivity index (χ0) is 18.4. The van der Waals surface area contributed by atoms with Gasteiger partial charge in [-0.3, -0.25) is 0 Å². The zero-order valence-corrected chi connectivity index (χ0v) is 16.4. The standard InChI is InChI=1S/C18H36O6/c1-10(2)20-9-14-15(21-11(3)4)16(22-12(5)6)17(18(19)24-14)23-13(7)8/h10-19H,9H2,1-8H3/t14-,15-,16-,17-,18?/m1/s1. The van der Waals surface area contributed by atoms with Crippen LogP contribution >= 0.6 is 0 Å². The fourth-order valence-corrected chi connectivity index (χ4v) is 2.72. The van der Waals surface area contributed by atoms with Crippen LogP contribution in [0.5, 0.6) is 0 Å². The van der Waals surface area contributed by atoms with E-state index >= 15 is 0 Å². The van der Waals surface area contributed by atoms with Crippen molar-refractivity contribution in [2.45, 2.75) is 111 Å². The molecule has 0 aromatic rings. The van der Waals surface area contributed by atoms with Crippen molar-refractivity contribution in [3.63, 3.8) is 0 Å². The summed E-state index contributed by atoms with van der Waals surface area (Å²) in [6.07, 6.45) is -2.93. The summed E-state index contributed by atoms with van der Waals surface area (Å²) in [5, 5.41) is 10.5. The minimum atomic E-state index is -1.08. The molecule has 1 aliphatic rings. The fourth-order valence-electron chi connectivity index (χ4n) is 2.72. The molecule has 6 nitrogen and oxygen atoms in total. The minimum Gasteiger partial charge on any atom is -0.376 e. The first kappa shape index (κ1) is 21.8. The third kappa shape index (κ3) is 6.94. The van der Waals surface area contributed by atoms with Crippen molar-refractivity contribution in [2.24, 2.45) is 0 Å². The Kier molecular flexibility index (Phi) is 9.12. The van der Waals surface area contributed by atoms with E-state index in [9.17, 15) is 5.11 Å². The number of aliphatic hydroxyl groups excluding tert-OH is 1. The van der Waals surface area contributed by atoms with Gasteiger partial charge in [0.2, 0.25) is 0 Å². The highest BCUT2D eigenvalue weighted by atomic mass is 16.7. The largest absolute Gasteiger partial charge is 0.376 e. The molecule has 1 aliphatic heterocycles. The number of aliphatic hydroxyl groups is 1. The van der Waals surface area contributed by atoms with Crippen LogP contribution in [0, 0.1) is 0 Å². The summed E-state index contributed by atoms with van der Waals surface area (Å²) in [6, 6.07) is 0. The Hall–Kier alpha value is -0.240. The highest BCUT2D eigenvalue weighted by Gasteiger charge is 2.48.